The molecule has 0 radical (unpaired) electrons. The normalized spacial score (nSPS) is 10.0. The highest BCUT2D eigenvalue weighted by Gasteiger charge is 2.16. The van der Waals surface area contributed by atoms with Gasteiger partial charge in [0.05, 0.1) is 20.6 Å². The summed E-state index contributed by atoms with van der Waals surface area (Å²) < 4.78 is 35.3. The predicted molar refractivity (Wildman–Crippen MR) is 58.5 cm³/mol. The van der Waals surface area contributed by atoms with Crippen LogP contribution in [0.3, 0.4) is 0 Å². The van der Waals surface area contributed by atoms with Crippen LogP contribution in [0.1, 0.15) is 23.2 Å². The van der Waals surface area contributed by atoms with Gasteiger partial charge in [-0.3, -0.25) is 9.59 Å². The zero-order valence-corrected chi connectivity index (χ0v) is 9.96. The summed E-state index contributed by atoms with van der Waals surface area (Å²) in [5, 5.41) is 0. The predicted octanol–water partition coefficient (Wildman–Crippen LogP) is 2.11. The second kappa shape index (κ2) is 6.09. The monoisotopic (exact) mass is 258 g/mol. The number of benzene rings is 1. The van der Waals surface area contributed by atoms with Crippen LogP contribution in [0.25, 0.3) is 0 Å². The molecule has 0 heterocycles. The molecule has 0 saturated carbocycles. The zero-order valence-electron chi connectivity index (χ0n) is 9.96. The molecular formula is C12H12F2O4. The third-order valence-electron chi connectivity index (χ3n) is 2.32. The highest BCUT2D eigenvalue weighted by Crippen LogP contribution is 2.22. The van der Waals surface area contributed by atoms with E-state index in [1.807, 2.05) is 0 Å². The number of carbonyl (C=O) groups excluding carboxylic acids is 2. The van der Waals surface area contributed by atoms with Crippen molar-refractivity contribution in [1.82, 2.24) is 0 Å². The molecule has 6 heteroatoms. The lowest BCUT2D eigenvalue weighted by Gasteiger charge is -2.06. The quantitative estimate of drug-likeness (QED) is 0.599. The Labute approximate surface area is 103 Å². The molecule has 0 unspecified atom stereocenters. The van der Waals surface area contributed by atoms with Gasteiger partial charge < -0.3 is 9.47 Å². The van der Waals surface area contributed by atoms with Crippen LogP contribution in [0, 0.1) is 11.6 Å². The summed E-state index contributed by atoms with van der Waals surface area (Å²) in [5.41, 5.74) is -0.0466. The van der Waals surface area contributed by atoms with Gasteiger partial charge in [0.1, 0.15) is 0 Å². The molecule has 0 spiro atoms. The molecular weight excluding hydrogens is 246 g/mol. The zero-order chi connectivity index (χ0) is 13.7. The van der Waals surface area contributed by atoms with Gasteiger partial charge in [0.15, 0.2) is 17.3 Å². The molecule has 0 aliphatic heterocycles. The van der Waals surface area contributed by atoms with Crippen molar-refractivity contribution >= 4 is 11.8 Å². The number of carbonyl (C=O) groups is 2. The number of esters is 1. The van der Waals surface area contributed by atoms with E-state index in [2.05, 4.69) is 9.47 Å². The average molecular weight is 258 g/mol. The van der Waals surface area contributed by atoms with Gasteiger partial charge in [-0.1, -0.05) is 0 Å². The van der Waals surface area contributed by atoms with Crippen molar-refractivity contribution in [2.24, 2.45) is 0 Å². The molecule has 0 aliphatic rings. The Morgan fingerprint density at radius 3 is 2.39 bits per heavy atom. The molecule has 1 aromatic rings. The topological polar surface area (TPSA) is 52.6 Å². The minimum Gasteiger partial charge on any atom is -0.494 e. The van der Waals surface area contributed by atoms with Crippen molar-refractivity contribution in [2.75, 3.05) is 14.2 Å². The van der Waals surface area contributed by atoms with Crippen LogP contribution in [0.4, 0.5) is 8.78 Å². The smallest absolute Gasteiger partial charge is 0.305 e. The Kier molecular flexibility index (Phi) is 4.76. The molecule has 98 valence electrons. The Morgan fingerprint density at radius 2 is 1.83 bits per heavy atom. The van der Waals surface area contributed by atoms with Crippen molar-refractivity contribution in [3.63, 3.8) is 0 Å². The summed E-state index contributed by atoms with van der Waals surface area (Å²) in [7, 11) is 2.37. The number of hydrogen-bond acceptors (Lipinski definition) is 4. The van der Waals surface area contributed by atoms with Crippen LogP contribution in [0.15, 0.2) is 12.1 Å². The molecule has 0 aromatic heterocycles. The molecule has 0 saturated heterocycles. The van der Waals surface area contributed by atoms with Crippen molar-refractivity contribution < 1.29 is 27.8 Å². The molecule has 0 bridgehead atoms. The lowest BCUT2D eigenvalue weighted by Crippen LogP contribution is -2.07. The molecule has 0 aliphatic carbocycles. The van der Waals surface area contributed by atoms with E-state index in [1.54, 1.807) is 0 Å². The van der Waals surface area contributed by atoms with Gasteiger partial charge in [-0.05, 0) is 12.1 Å². The van der Waals surface area contributed by atoms with Gasteiger partial charge in [-0.15, -0.1) is 0 Å². The van der Waals surface area contributed by atoms with Crippen molar-refractivity contribution in [1.29, 1.82) is 0 Å². The maximum atomic E-state index is 13.2. The molecule has 0 fully saturated rings. The Bertz CT molecular complexity index is 471. The van der Waals surface area contributed by atoms with Crippen molar-refractivity contribution in [3.8, 4) is 5.75 Å². The van der Waals surface area contributed by atoms with Gasteiger partial charge in [-0.2, -0.15) is 4.39 Å². The summed E-state index contributed by atoms with van der Waals surface area (Å²) in [4.78, 5) is 22.5. The van der Waals surface area contributed by atoms with E-state index >= 15 is 0 Å². The number of halogens is 2. The summed E-state index contributed by atoms with van der Waals surface area (Å²) in [6.07, 6.45) is -0.252. The number of rotatable bonds is 5. The molecule has 0 N–H and O–H groups in total. The third kappa shape index (κ3) is 3.26. The van der Waals surface area contributed by atoms with Crippen LogP contribution in [-0.4, -0.2) is 26.0 Å². The van der Waals surface area contributed by atoms with E-state index in [1.165, 1.54) is 14.2 Å². The molecule has 0 amide bonds. The minimum atomic E-state index is -1.17. The Morgan fingerprint density at radius 1 is 1.17 bits per heavy atom. The highest BCUT2D eigenvalue weighted by atomic mass is 19.2. The molecule has 1 rings (SSSR count). The molecule has 18 heavy (non-hydrogen) atoms. The van der Waals surface area contributed by atoms with Gasteiger partial charge in [-0.25, -0.2) is 4.39 Å². The van der Waals surface area contributed by atoms with E-state index in [0.717, 1.165) is 12.1 Å². The number of Topliss-reactive ketones (excluding diaryl/α,β-unsaturated/α-hetero) is 1. The third-order valence-corrected chi connectivity index (χ3v) is 2.32. The first-order valence-corrected chi connectivity index (χ1v) is 5.12. The first kappa shape index (κ1) is 14.1. The van der Waals surface area contributed by atoms with Crippen LogP contribution in [0.5, 0.6) is 5.75 Å². The van der Waals surface area contributed by atoms with Crippen molar-refractivity contribution in [2.45, 2.75) is 12.8 Å². The van der Waals surface area contributed by atoms with E-state index in [0.29, 0.717) is 0 Å². The van der Waals surface area contributed by atoms with E-state index in [-0.39, 0.29) is 24.2 Å². The van der Waals surface area contributed by atoms with Crippen molar-refractivity contribution in [3.05, 3.63) is 29.3 Å². The number of ether oxygens (including phenoxy) is 2. The number of ketones is 1. The average Bonchev–Trinajstić information content (AvgIpc) is 2.38. The summed E-state index contributed by atoms with van der Waals surface area (Å²) in [6, 6.07) is 1.87. The van der Waals surface area contributed by atoms with Gasteiger partial charge >= 0.3 is 5.97 Å². The molecule has 1 aromatic carbocycles. The number of hydrogen-bond donors (Lipinski definition) is 0. The van der Waals surface area contributed by atoms with Crippen LogP contribution in [0.2, 0.25) is 0 Å². The summed E-state index contributed by atoms with van der Waals surface area (Å²) in [5.74, 6) is -3.70. The Balaban J connectivity index is 2.86. The van der Waals surface area contributed by atoms with E-state index in [4.69, 9.17) is 0 Å². The maximum absolute atomic E-state index is 13.2. The van der Waals surface area contributed by atoms with Gasteiger partial charge in [0.2, 0.25) is 5.82 Å². The standard InChI is InChI=1S/C12H12F2O4/c1-17-10-6-7(5-8(13)12(10)14)9(15)3-4-11(16)18-2/h5-6H,3-4H2,1-2H3. The molecule has 4 nitrogen and oxygen atoms in total. The SMILES string of the molecule is COC(=O)CCC(=O)c1cc(F)c(F)c(OC)c1. The molecule has 0 atom stereocenters. The maximum Gasteiger partial charge on any atom is 0.305 e. The fourth-order valence-electron chi connectivity index (χ4n) is 1.34. The second-order valence-electron chi connectivity index (χ2n) is 3.47. The van der Waals surface area contributed by atoms with Crippen LogP contribution in [-0.2, 0) is 9.53 Å². The lowest BCUT2D eigenvalue weighted by atomic mass is 10.1. The van der Waals surface area contributed by atoms with Gasteiger partial charge in [0.25, 0.3) is 0 Å². The van der Waals surface area contributed by atoms with E-state index in [9.17, 15) is 18.4 Å². The highest BCUT2D eigenvalue weighted by molar-refractivity contribution is 5.97. The fourth-order valence-corrected chi connectivity index (χ4v) is 1.34. The Hall–Kier alpha value is -1.98. The van der Waals surface area contributed by atoms with E-state index < -0.39 is 23.4 Å². The number of methoxy groups -OCH3 is 2. The fraction of sp³-hybridized carbons (Fsp3) is 0.333. The first-order valence-electron chi connectivity index (χ1n) is 5.12. The van der Waals surface area contributed by atoms with Crippen LogP contribution < -0.4 is 4.74 Å². The van der Waals surface area contributed by atoms with Gasteiger partial charge in [0, 0.05) is 12.0 Å². The summed E-state index contributed by atoms with van der Waals surface area (Å²) in [6.45, 7) is 0. The lowest BCUT2D eigenvalue weighted by molar-refractivity contribution is -0.140. The van der Waals surface area contributed by atoms with Crippen LogP contribution >= 0.6 is 0 Å². The largest absolute Gasteiger partial charge is 0.494 e. The summed E-state index contributed by atoms with van der Waals surface area (Å²) >= 11 is 0. The minimum absolute atomic E-state index is 0.0466. The first-order chi connectivity index (χ1) is 8.49. The second-order valence-corrected chi connectivity index (χ2v) is 3.47.